The fourth-order valence-corrected chi connectivity index (χ4v) is 1.94. The summed E-state index contributed by atoms with van der Waals surface area (Å²) in [6.07, 6.45) is 14.4. The Bertz CT molecular complexity index is 268. The van der Waals surface area contributed by atoms with E-state index < -0.39 is 13.8 Å². The van der Waals surface area contributed by atoms with Gasteiger partial charge in [0.25, 0.3) is 0 Å². The predicted molar refractivity (Wildman–Crippen MR) is 83.0 cm³/mol. The van der Waals surface area contributed by atoms with Crippen molar-refractivity contribution in [2.45, 2.75) is 84.0 Å². The molecule has 0 rings (SSSR count). The SMILES string of the molecule is CCCCCCCCCCCCCC(=O)O.O=P(O)(O)O. The second-order valence-corrected chi connectivity index (χ2v) is 6.22. The molecule has 0 spiro atoms. The van der Waals surface area contributed by atoms with Gasteiger partial charge in [0.15, 0.2) is 0 Å². The Kier molecular flexibility index (Phi) is 17.4. The lowest BCUT2D eigenvalue weighted by Gasteiger charge is -2.01. The number of aliphatic carboxylic acids is 1. The Morgan fingerprint density at radius 2 is 1.05 bits per heavy atom. The van der Waals surface area contributed by atoms with Gasteiger partial charge in [0.1, 0.15) is 0 Å². The standard InChI is InChI=1S/C14H28O2.H3O4P/c1-2-3-4-5-6-7-8-9-10-11-12-13-14(15)16;1-5(2,3)4/h2-13H2,1H3,(H,15,16);(H3,1,2,3,4). The Labute approximate surface area is 127 Å². The van der Waals surface area contributed by atoms with E-state index in [1.807, 2.05) is 0 Å². The monoisotopic (exact) mass is 326 g/mol. The summed E-state index contributed by atoms with van der Waals surface area (Å²) in [6.45, 7) is 2.25. The number of hydrogen-bond donors (Lipinski definition) is 4. The van der Waals surface area contributed by atoms with E-state index in [1.54, 1.807) is 0 Å². The van der Waals surface area contributed by atoms with Crippen molar-refractivity contribution in [2.75, 3.05) is 0 Å². The van der Waals surface area contributed by atoms with Crippen LogP contribution in [0.3, 0.4) is 0 Å². The summed E-state index contributed by atoms with van der Waals surface area (Å²) in [4.78, 5) is 31.8. The average Bonchev–Trinajstić information content (AvgIpc) is 2.33. The maximum absolute atomic E-state index is 10.3. The smallest absolute Gasteiger partial charge is 0.466 e. The van der Waals surface area contributed by atoms with Gasteiger partial charge in [-0.1, -0.05) is 71.1 Å². The predicted octanol–water partition coefficient (Wildman–Crippen LogP) is 3.84. The molecule has 21 heavy (non-hydrogen) atoms. The van der Waals surface area contributed by atoms with Crippen LogP contribution in [0.4, 0.5) is 0 Å². The highest BCUT2D eigenvalue weighted by Gasteiger charge is 2.00. The summed E-state index contributed by atoms with van der Waals surface area (Å²) in [5.41, 5.74) is 0. The highest BCUT2D eigenvalue weighted by molar-refractivity contribution is 7.45. The lowest BCUT2D eigenvalue weighted by Crippen LogP contribution is -1.93. The quantitative estimate of drug-likeness (QED) is 0.320. The molecule has 0 radical (unpaired) electrons. The van der Waals surface area contributed by atoms with E-state index in [2.05, 4.69) is 6.92 Å². The number of carboxylic acids is 1. The molecule has 0 aromatic rings. The Morgan fingerprint density at radius 1 is 0.762 bits per heavy atom. The van der Waals surface area contributed by atoms with Crippen LogP contribution in [0.15, 0.2) is 0 Å². The molecule has 0 aliphatic heterocycles. The van der Waals surface area contributed by atoms with E-state index in [0.717, 1.165) is 12.8 Å². The molecule has 0 fully saturated rings. The van der Waals surface area contributed by atoms with Gasteiger partial charge in [-0.3, -0.25) is 4.79 Å². The average molecular weight is 326 g/mol. The Balaban J connectivity index is 0. The van der Waals surface area contributed by atoms with Crippen LogP contribution in [0.5, 0.6) is 0 Å². The third kappa shape index (κ3) is 38.2. The van der Waals surface area contributed by atoms with Crippen LogP contribution in [-0.4, -0.2) is 25.8 Å². The second-order valence-electron chi connectivity index (χ2n) is 5.19. The molecular weight excluding hydrogens is 295 g/mol. The molecule has 0 aromatic carbocycles. The van der Waals surface area contributed by atoms with Gasteiger partial charge in [-0.05, 0) is 6.42 Å². The van der Waals surface area contributed by atoms with Crippen molar-refractivity contribution < 1.29 is 29.1 Å². The maximum Gasteiger partial charge on any atom is 0.466 e. The number of carboxylic acid groups (broad SMARTS) is 1. The lowest BCUT2D eigenvalue weighted by molar-refractivity contribution is -0.137. The van der Waals surface area contributed by atoms with E-state index in [-0.39, 0.29) is 0 Å². The fraction of sp³-hybridized carbons (Fsp3) is 0.929. The molecule has 0 aliphatic rings. The number of hydrogen-bond acceptors (Lipinski definition) is 2. The van der Waals surface area contributed by atoms with Crippen LogP contribution in [-0.2, 0) is 9.36 Å². The maximum atomic E-state index is 10.3. The number of unbranched alkanes of at least 4 members (excludes halogenated alkanes) is 10. The summed E-state index contributed by atoms with van der Waals surface area (Å²) < 4.78 is 8.88. The topological polar surface area (TPSA) is 115 Å². The van der Waals surface area contributed by atoms with Crippen molar-refractivity contribution in [3.8, 4) is 0 Å². The summed E-state index contributed by atoms with van der Waals surface area (Å²) in [7, 11) is -4.64. The molecule has 0 saturated heterocycles. The minimum Gasteiger partial charge on any atom is -0.481 e. The van der Waals surface area contributed by atoms with Gasteiger partial charge in [-0.15, -0.1) is 0 Å². The molecule has 0 aliphatic carbocycles. The minimum absolute atomic E-state index is 0.344. The van der Waals surface area contributed by atoms with Gasteiger partial charge in [-0.25, -0.2) is 4.57 Å². The van der Waals surface area contributed by atoms with E-state index in [0.29, 0.717) is 6.42 Å². The van der Waals surface area contributed by atoms with Gasteiger partial charge in [-0.2, -0.15) is 0 Å². The fourth-order valence-electron chi connectivity index (χ4n) is 1.94. The highest BCUT2D eigenvalue weighted by atomic mass is 31.2. The summed E-state index contributed by atoms with van der Waals surface area (Å²) >= 11 is 0. The molecule has 0 saturated carbocycles. The van der Waals surface area contributed by atoms with Gasteiger partial charge in [0, 0.05) is 6.42 Å². The third-order valence-electron chi connectivity index (χ3n) is 2.99. The summed E-state index contributed by atoms with van der Waals surface area (Å²) in [5, 5.41) is 8.46. The molecule has 6 nitrogen and oxygen atoms in total. The first-order valence-corrected chi connectivity index (χ1v) is 9.34. The molecule has 0 amide bonds. The van der Waals surface area contributed by atoms with Crippen molar-refractivity contribution in [2.24, 2.45) is 0 Å². The van der Waals surface area contributed by atoms with Gasteiger partial charge in [0.2, 0.25) is 0 Å². The second kappa shape index (κ2) is 16.0. The number of rotatable bonds is 12. The first-order chi connectivity index (χ1) is 9.77. The molecule has 128 valence electrons. The van der Waals surface area contributed by atoms with E-state index in [4.69, 9.17) is 24.4 Å². The number of carbonyl (C=O) groups is 1. The third-order valence-corrected chi connectivity index (χ3v) is 2.99. The van der Waals surface area contributed by atoms with E-state index in [1.165, 1.54) is 57.8 Å². The molecule has 7 heteroatoms. The van der Waals surface area contributed by atoms with Gasteiger partial charge in [0.05, 0.1) is 0 Å². The van der Waals surface area contributed by atoms with E-state index >= 15 is 0 Å². The largest absolute Gasteiger partial charge is 0.481 e. The lowest BCUT2D eigenvalue weighted by atomic mass is 10.1. The van der Waals surface area contributed by atoms with Crippen molar-refractivity contribution >= 4 is 13.8 Å². The summed E-state index contributed by atoms with van der Waals surface area (Å²) in [6, 6.07) is 0. The Hall–Kier alpha value is -0.420. The molecule has 0 bridgehead atoms. The van der Waals surface area contributed by atoms with E-state index in [9.17, 15) is 4.79 Å². The van der Waals surface area contributed by atoms with Crippen molar-refractivity contribution in [1.82, 2.24) is 0 Å². The molecule has 0 atom stereocenters. The zero-order chi connectivity index (χ0) is 16.6. The molecular formula is C14H31O6P. The summed E-state index contributed by atoms with van der Waals surface area (Å²) in [5.74, 6) is -0.657. The van der Waals surface area contributed by atoms with Crippen LogP contribution < -0.4 is 0 Å². The van der Waals surface area contributed by atoms with Crippen LogP contribution in [0.2, 0.25) is 0 Å². The van der Waals surface area contributed by atoms with Crippen LogP contribution in [0.1, 0.15) is 84.0 Å². The Morgan fingerprint density at radius 3 is 1.33 bits per heavy atom. The normalized spacial score (nSPS) is 10.9. The highest BCUT2D eigenvalue weighted by Crippen LogP contribution is 2.25. The first kappa shape index (κ1) is 22.9. The molecule has 0 aromatic heterocycles. The first-order valence-electron chi connectivity index (χ1n) is 7.77. The zero-order valence-corrected chi connectivity index (χ0v) is 13.9. The minimum atomic E-state index is -4.64. The van der Waals surface area contributed by atoms with Crippen LogP contribution in [0, 0.1) is 0 Å². The van der Waals surface area contributed by atoms with Crippen molar-refractivity contribution in [3.05, 3.63) is 0 Å². The van der Waals surface area contributed by atoms with Crippen molar-refractivity contribution in [1.29, 1.82) is 0 Å². The van der Waals surface area contributed by atoms with Gasteiger partial charge >= 0.3 is 13.8 Å². The molecule has 0 heterocycles. The number of phosphoric acid groups is 1. The molecule has 0 unspecified atom stereocenters. The van der Waals surface area contributed by atoms with Gasteiger partial charge < -0.3 is 19.8 Å². The van der Waals surface area contributed by atoms with Crippen LogP contribution in [0.25, 0.3) is 0 Å². The van der Waals surface area contributed by atoms with Crippen LogP contribution >= 0.6 is 7.82 Å². The zero-order valence-electron chi connectivity index (χ0n) is 13.0. The van der Waals surface area contributed by atoms with Crippen molar-refractivity contribution in [3.63, 3.8) is 0 Å². The molecule has 4 N–H and O–H groups in total.